The first-order chi connectivity index (χ1) is 15.4. The van der Waals surface area contributed by atoms with Crippen molar-refractivity contribution in [3.05, 3.63) is 90.0 Å². The third-order valence-electron chi connectivity index (χ3n) is 6.07. The summed E-state index contributed by atoms with van der Waals surface area (Å²) in [4.78, 5) is 16.0. The highest BCUT2D eigenvalue weighted by molar-refractivity contribution is 6.19. The standard InChI is InChI=1S/C28H27NO3/c1-28(2,3)29-17-22(18-29)31-21-15-13-19(14-16-21)26(30)25-23-11-7-8-12-24(23)32-27(25)20-9-5-4-6-10-20/h4-16,22H,17-18H2,1-3H3. The SMILES string of the molecule is CC(C)(C)N1CC(Oc2ccc(C(=O)c3c(-c4ccccc4)oc4ccccc34)cc2)C1. The number of ether oxygens (including phenoxy) is 1. The Labute approximate surface area is 188 Å². The molecule has 0 atom stereocenters. The molecule has 0 unspecified atom stereocenters. The summed E-state index contributed by atoms with van der Waals surface area (Å²) in [5.74, 6) is 1.34. The van der Waals surface area contributed by atoms with E-state index in [-0.39, 0.29) is 17.4 Å². The molecule has 1 aromatic heterocycles. The fourth-order valence-corrected chi connectivity index (χ4v) is 4.15. The van der Waals surface area contributed by atoms with Crippen molar-refractivity contribution >= 4 is 16.8 Å². The Bertz CT molecular complexity index is 1240. The van der Waals surface area contributed by atoms with Crippen molar-refractivity contribution in [3.63, 3.8) is 0 Å². The molecular weight excluding hydrogens is 398 g/mol. The molecule has 32 heavy (non-hydrogen) atoms. The van der Waals surface area contributed by atoms with Gasteiger partial charge in [-0.1, -0.05) is 48.5 Å². The van der Waals surface area contributed by atoms with Gasteiger partial charge in [-0.25, -0.2) is 0 Å². The number of likely N-dealkylation sites (tertiary alicyclic amines) is 1. The Morgan fingerprint density at radius 1 is 0.906 bits per heavy atom. The lowest BCUT2D eigenvalue weighted by molar-refractivity contribution is -0.0349. The van der Waals surface area contributed by atoms with Crippen molar-refractivity contribution in [1.29, 1.82) is 0 Å². The third kappa shape index (κ3) is 3.82. The molecule has 0 amide bonds. The largest absolute Gasteiger partial charge is 0.488 e. The van der Waals surface area contributed by atoms with Crippen LogP contribution in [-0.4, -0.2) is 35.4 Å². The molecule has 0 radical (unpaired) electrons. The highest BCUT2D eigenvalue weighted by Gasteiger charge is 2.35. The van der Waals surface area contributed by atoms with Crippen LogP contribution < -0.4 is 4.74 Å². The number of benzene rings is 3. The first-order valence-corrected chi connectivity index (χ1v) is 11.0. The van der Waals surface area contributed by atoms with Crippen LogP contribution in [-0.2, 0) is 0 Å². The van der Waals surface area contributed by atoms with E-state index in [0.717, 1.165) is 29.8 Å². The number of carbonyl (C=O) groups excluding carboxylic acids is 1. The summed E-state index contributed by atoms with van der Waals surface area (Å²) in [7, 11) is 0. The van der Waals surface area contributed by atoms with E-state index in [2.05, 4.69) is 25.7 Å². The van der Waals surface area contributed by atoms with Gasteiger partial charge in [0.2, 0.25) is 0 Å². The molecule has 4 aromatic rings. The second-order valence-corrected chi connectivity index (χ2v) is 9.34. The summed E-state index contributed by atoms with van der Waals surface area (Å²) in [6, 6.07) is 24.9. The maximum atomic E-state index is 13.6. The molecule has 0 N–H and O–H groups in total. The van der Waals surface area contributed by atoms with Gasteiger partial charge in [0, 0.05) is 35.1 Å². The van der Waals surface area contributed by atoms with Crippen LogP contribution in [0, 0.1) is 0 Å². The average molecular weight is 426 g/mol. The fraction of sp³-hybridized carbons (Fsp3) is 0.250. The van der Waals surface area contributed by atoms with E-state index in [9.17, 15) is 4.79 Å². The van der Waals surface area contributed by atoms with Crippen molar-refractivity contribution in [3.8, 4) is 17.1 Å². The minimum absolute atomic E-state index is 0.0529. The van der Waals surface area contributed by atoms with Crippen LogP contribution in [0.5, 0.6) is 5.75 Å². The monoisotopic (exact) mass is 425 g/mol. The van der Waals surface area contributed by atoms with Gasteiger partial charge >= 0.3 is 0 Å². The predicted octanol–water partition coefficient (Wildman–Crippen LogP) is 6.19. The number of ketones is 1. The molecule has 2 heterocycles. The van der Waals surface area contributed by atoms with Gasteiger partial charge in [0.05, 0.1) is 5.56 Å². The lowest BCUT2D eigenvalue weighted by atomic mass is 9.97. The Morgan fingerprint density at radius 2 is 1.56 bits per heavy atom. The molecule has 162 valence electrons. The number of para-hydroxylation sites is 1. The highest BCUT2D eigenvalue weighted by atomic mass is 16.5. The van der Waals surface area contributed by atoms with E-state index in [1.54, 1.807) is 0 Å². The quantitative estimate of drug-likeness (QED) is 0.358. The second kappa shape index (κ2) is 7.95. The van der Waals surface area contributed by atoms with Crippen molar-refractivity contribution < 1.29 is 13.9 Å². The van der Waals surface area contributed by atoms with Crippen molar-refractivity contribution in [2.75, 3.05) is 13.1 Å². The van der Waals surface area contributed by atoms with Crippen LogP contribution in [0.4, 0.5) is 0 Å². The number of rotatable bonds is 5. The minimum atomic E-state index is -0.0529. The Morgan fingerprint density at radius 3 is 2.25 bits per heavy atom. The molecule has 0 aliphatic carbocycles. The number of hydrogen-bond acceptors (Lipinski definition) is 4. The summed E-state index contributed by atoms with van der Waals surface area (Å²) < 4.78 is 12.2. The van der Waals surface area contributed by atoms with Gasteiger partial charge in [-0.15, -0.1) is 0 Å². The van der Waals surface area contributed by atoms with Gasteiger partial charge in [-0.05, 0) is 51.1 Å². The van der Waals surface area contributed by atoms with Gasteiger partial charge in [0.25, 0.3) is 0 Å². The number of carbonyl (C=O) groups is 1. The van der Waals surface area contributed by atoms with Crippen LogP contribution >= 0.6 is 0 Å². The van der Waals surface area contributed by atoms with Crippen LogP contribution in [0.25, 0.3) is 22.3 Å². The molecule has 0 spiro atoms. The van der Waals surface area contributed by atoms with Crippen molar-refractivity contribution in [2.24, 2.45) is 0 Å². The van der Waals surface area contributed by atoms with Crippen LogP contribution in [0.2, 0.25) is 0 Å². The molecular formula is C28H27NO3. The Balaban J connectivity index is 1.40. The molecule has 5 rings (SSSR count). The summed E-state index contributed by atoms with van der Waals surface area (Å²) in [5.41, 5.74) is 2.98. The first kappa shape index (κ1) is 20.5. The van der Waals surface area contributed by atoms with E-state index >= 15 is 0 Å². The summed E-state index contributed by atoms with van der Waals surface area (Å²) in [6.07, 6.45) is 0.193. The zero-order valence-electron chi connectivity index (χ0n) is 18.7. The van der Waals surface area contributed by atoms with Crippen LogP contribution in [0.1, 0.15) is 36.7 Å². The topological polar surface area (TPSA) is 42.7 Å². The maximum Gasteiger partial charge on any atom is 0.197 e. The lowest BCUT2D eigenvalue weighted by Gasteiger charge is -2.47. The normalized spacial score (nSPS) is 15.0. The van der Waals surface area contributed by atoms with E-state index < -0.39 is 0 Å². The highest BCUT2D eigenvalue weighted by Crippen LogP contribution is 2.35. The van der Waals surface area contributed by atoms with Gasteiger partial charge in [0.1, 0.15) is 23.2 Å². The molecule has 1 fully saturated rings. The number of furan rings is 1. The third-order valence-corrected chi connectivity index (χ3v) is 6.07. The zero-order chi connectivity index (χ0) is 22.3. The van der Waals surface area contributed by atoms with E-state index in [0.29, 0.717) is 22.5 Å². The van der Waals surface area contributed by atoms with Gasteiger partial charge in [-0.3, -0.25) is 9.69 Å². The molecule has 1 saturated heterocycles. The summed E-state index contributed by atoms with van der Waals surface area (Å²) >= 11 is 0. The Kier molecular flexibility index (Phi) is 5.10. The van der Waals surface area contributed by atoms with E-state index in [1.807, 2.05) is 78.9 Å². The number of hydrogen-bond donors (Lipinski definition) is 0. The second-order valence-electron chi connectivity index (χ2n) is 9.34. The van der Waals surface area contributed by atoms with Crippen LogP contribution in [0.15, 0.2) is 83.3 Å². The number of nitrogens with zero attached hydrogens (tertiary/aromatic N) is 1. The zero-order valence-corrected chi connectivity index (χ0v) is 18.7. The molecule has 1 aliphatic rings. The fourth-order valence-electron chi connectivity index (χ4n) is 4.15. The molecule has 1 aliphatic heterocycles. The van der Waals surface area contributed by atoms with Crippen molar-refractivity contribution in [2.45, 2.75) is 32.4 Å². The van der Waals surface area contributed by atoms with Gasteiger partial charge < -0.3 is 9.15 Å². The minimum Gasteiger partial charge on any atom is -0.488 e. The summed E-state index contributed by atoms with van der Waals surface area (Å²) in [6.45, 7) is 8.49. The lowest BCUT2D eigenvalue weighted by Crippen LogP contribution is -2.60. The van der Waals surface area contributed by atoms with Gasteiger partial charge in [0.15, 0.2) is 5.78 Å². The molecule has 0 saturated carbocycles. The van der Waals surface area contributed by atoms with E-state index in [1.165, 1.54) is 0 Å². The smallest absolute Gasteiger partial charge is 0.197 e. The number of fused-ring (bicyclic) bond motifs is 1. The molecule has 4 nitrogen and oxygen atoms in total. The predicted molar refractivity (Wildman–Crippen MR) is 127 cm³/mol. The molecule has 0 bridgehead atoms. The van der Waals surface area contributed by atoms with Crippen LogP contribution in [0.3, 0.4) is 0 Å². The van der Waals surface area contributed by atoms with Crippen molar-refractivity contribution in [1.82, 2.24) is 4.90 Å². The van der Waals surface area contributed by atoms with Gasteiger partial charge in [-0.2, -0.15) is 0 Å². The first-order valence-electron chi connectivity index (χ1n) is 11.0. The maximum absolute atomic E-state index is 13.6. The Hall–Kier alpha value is -3.37. The molecule has 4 heteroatoms. The average Bonchev–Trinajstić information content (AvgIpc) is 3.15. The van der Waals surface area contributed by atoms with E-state index in [4.69, 9.17) is 9.15 Å². The molecule has 3 aromatic carbocycles. The summed E-state index contributed by atoms with van der Waals surface area (Å²) in [5, 5.41) is 0.827.